The number of aryl methyl sites for hydroxylation is 2. The van der Waals surface area contributed by atoms with E-state index in [1.165, 1.54) is 11.3 Å². The highest BCUT2D eigenvalue weighted by atomic mass is 32.1. The average molecular weight is 325 g/mol. The van der Waals surface area contributed by atoms with E-state index in [9.17, 15) is 4.79 Å². The molecule has 3 aromatic rings. The lowest BCUT2D eigenvalue weighted by molar-refractivity contribution is 0.1000. The predicted octanol–water partition coefficient (Wildman–Crippen LogP) is 3.06. The molecular weight excluding hydrogens is 310 g/mol. The van der Waals surface area contributed by atoms with E-state index in [2.05, 4.69) is 20.3 Å². The summed E-state index contributed by atoms with van der Waals surface area (Å²) in [6.07, 6.45) is 1.74. The van der Waals surface area contributed by atoms with Crippen LogP contribution in [0.3, 0.4) is 0 Å². The van der Waals surface area contributed by atoms with Gasteiger partial charge >= 0.3 is 0 Å². The summed E-state index contributed by atoms with van der Waals surface area (Å²) in [5, 5.41) is 3.46. The minimum Gasteiger partial charge on any atom is -0.364 e. The standard InChI is InChI=1S/C16H15N5OS/c1-9-6-7-18-13(8-9)21-12-5-3-4-11(20-12)14-10(2)19-16(23-14)15(17)22/h3-8H,1-2H3,(H2,17,22)(H,18,20,21). The summed E-state index contributed by atoms with van der Waals surface area (Å²) in [5.41, 5.74) is 7.88. The third-order valence-corrected chi connectivity index (χ3v) is 4.36. The van der Waals surface area contributed by atoms with Crippen molar-refractivity contribution < 1.29 is 4.79 Å². The Kier molecular flexibility index (Phi) is 4.03. The number of hydrogen-bond acceptors (Lipinski definition) is 6. The molecule has 7 heteroatoms. The van der Waals surface area contributed by atoms with E-state index in [1.54, 1.807) is 6.20 Å². The van der Waals surface area contributed by atoms with Gasteiger partial charge in [0.15, 0.2) is 5.01 Å². The molecule has 3 N–H and O–H groups in total. The van der Waals surface area contributed by atoms with Gasteiger partial charge in [0.05, 0.1) is 16.3 Å². The number of nitrogens with zero attached hydrogens (tertiary/aromatic N) is 3. The number of carbonyl (C=O) groups is 1. The van der Waals surface area contributed by atoms with Crippen molar-refractivity contribution in [3.8, 4) is 10.6 Å². The molecule has 23 heavy (non-hydrogen) atoms. The molecule has 0 unspecified atom stereocenters. The Labute approximate surface area is 137 Å². The molecule has 0 spiro atoms. The van der Waals surface area contributed by atoms with Crippen LogP contribution in [0.25, 0.3) is 10.6 Å². The van der Waals surface area contributed by atoms with E-state index in [1.807, 2.05) is 44.2 Å². The van der Waals surface area contributed by atoms with Gasteiger partial charge < -0.3 is 11.1 Å². The fraction of sp³-hybridized carbons (Fsp3) is 0.125. The summed E-state index contributed by atoms with van der Waals surface area (Å²) in [6, 6.07) is 9.50. The van der Waals surface area contributed by atoms with Crippen molar-refractivity contribution in [2.45, 2.75) is 13.8 Å². The molecule has 3 rings (SSSR count). The Bertz CT molecular complexity index is 874. The molecule has 0 aliphatic heterocycles. The highest BCUT2D eigenvalue weighted by Gasteiger charge is 2.14. The summed E-state index contributed by atoms with van der Waals surface area (Å²) in [5.74, 6) is 0.880. The zero-order valence-corrected chi connectivity index (χ0v) is 13.5. The first-order valence-corrected chi connectivity index (χ1v) is 7.79. The molecule has 3 aromatic heterocycles. The van der Waals surface area contributed by atoms with Crippen LogP contribution in [0.4, 0.5) is 11.6 Å². The number of aromatic nitrogens is 3. The van der Waals surface area contributed by atoms with Gasteiger partial charge in [-0.3, -0.25) is 4.79 Å². The Balaban J connectivity index is 1.92. The number of rotatable bonds is 4. The quantitative estimate of drug-likeness (QED) is 0.769. The molecule has 0 aliphatic rings. The third kappa shape index (κ3) is 3.35. The number of carbonyl (C=O) groups excluding carboxylic acids is 1. The van der Waals surface area contributed by atoms with E-state index in [-0.39, 0.29) is 5.01 Å². The molecule has 0 saturated carbocycles. The summed E-state index contributed by atoms with van der Waals surface area (Å²) in [4.78, 5) is 25.1. The van der Waals surface area contributed by atoms with E-state index >= 15 is 0 Å². The second-order valence-corrected chi connectivity index (χ2v) is 6.05. The Morgan fingerprint density at radius 1 is 1.17 bits per heavy atom. The molecule has 0 atom stereocenters. The summed E-state index contributed by atoms with van der Waals surface area (Å²) >= 11 is 1.25. The summed E-state index contributed by atoms with van der Waals surface area (Å²) in [7, 11) is 0. The minimum atomic E-state index is -0.525. The maximum atomic E-state index is 11.3. The van der Waals surface area contributed by atoms with Gasteiger partial charge in [-0.15, -0.1) is 11.3 Å². The van der Waals surface area contributed by atoms with E-state index in [0.717, 1.165) is 27.6 Å². The van der Waals surface area contributed by atoms with Crippen molar-refractivity contribution in [1.82, 2.24) is 15.0 Å². The van der Waals surface area contributed by atoms with Gasteiger partial charge in [0.25, 0.3) is 5.91 Å². The van der Waals surface area contributed by atoms with Gasteiger partial charge in [-0.25, -0.2) is 15.0 Å². The van der Waals surface area contributed by atoms with Crippen LogP contribution in [0.15, 0.2) is 36.5 Å². The number of nitrogens with two attached hydrogens (primary N) is 1. The SMILES string of the molecule is Cc1ccnc(Nc2cccc(-c3sc(C(N)=O)nc3C)n2)c1. The van der Waals surface area contributed by atoms with Crippen LogP contribution in [-0.4, -0.2) is 20.9 Å². The second-order valence-electron chi connectivity index (χ2n) is 5.05. The number of nitrogens with one attached hydrogen (secondary N) is 1. The molecule has 0 saturated heterocycles. The van der Waals surface area contributed by atoms with Crippen molar-refractivity contribution in [3.63, 3.8) is 0 Å². The molecule has 0 bridgehead atoms. The molecule has 3 heterocycles. The molecule has 1 amide bonds. The van der Waals surface area contributed by atoms with Crippen LogP contribution >= 0.6 is 11.3 Å². The van der Waals surface area contributed by atoms with Gasteiger partial charge in [-0.05, 0) is 43.7 Å². The lowest BCUT2D eigenvalue weighted by Crippen LogP contribution is -2.10. The lowest BCUT2D eigenvalue weighted by Gasteiger charge is -2.07. The highest BCUT2D eigenvalue weighted by Crippen LogP contribution is 2.29. The van der Waals surface area contributed by atoms with Crippen LogP contribution in [0.2, 0.25) is 0 Å². The topological polar surface area (TPSA) is 93.8 Å². The maximum Gasteiger partial charge on any atom is 0.277 e. The number of primary amides is 1. The minimum absolute atomic E-state index is 0.290. The monoisotopic (exact) mass is 325 g/mol. The second kappa shape index (κ2) is 6.13. The molecule has 6 nitrogen and oxygen atoms in total. The van der Waals surface area contributed by atoms with Gasteiger partial charge in [-0.1, -0.05) is 6.07 Å². The van der Waals surface area contributed by atoms with Crippen molar-refractivity contribution in [2.24, 2.45) is 5.73 Å². The fourth-order valence-electron chi connectivity index (χ4n) is 2.11. The molecule has 116 valence electrons. The van der Waals surface area contributed by atoms with E-state index in [4.69, 9.17) is 5.73 Å². The average Bonchev–Trinajstić information content (AvgIpc) is 2.90. The molecule has 0 fully saturated rings. The van der Waals surface area contributed by atoms with Crippen LogP contribution in [0.1, 0.15) is 21.1 Å². The zero-order chi connectivity index (χ0) is 16.4. The van der Waals surface area contributed by atoms with Gasteiger partial charge in [0.2, 0.25) is 0 Å². The Hall–Kier alpha value is -2.80. The van der Waals surface area contributed by atoms with Gasteiger partial charge in [0.1, 0.15) is 11.6 Å². The first-order valence-electron chi connectivity index (χ1n) is 6.97. The predicted molar refractivity (Wildman–Crippen MR) is 90.9 cm³/mol. The van der Waals surface area contributed by atoms with Crippen molar-refractivity contribution >= 4 is 28.9 Å². The first-order chi connectivity index (χ1) is 11.0. The van der Waals surface area contributed by atoms with E-state index < -0.39 is 5.91 Å². The third-order valence-electron chi connectivity index (χ3n) is 3.16. The fourth-order valence-corrected chi connectivity index (χ4v) is 2.99. The number of amides is 1. The summed E-state index contributed by atoms with van der Waals surface area (Å²) in [6.45, 7) is 3.84. The number of anilines is 2. The first kappa shape index (κ1) is 15.1. The van der Waals surface area contributed by atoms with Gasteiger partial charge in [0, 0.05) is 6.20 Å². The molecular formula is C16H15N5OS. The Morgan fingerprint density at radius 3 is 2.70 bits per heavy atom. The smallest absolute Gasteiger partial charge is 0.277 e. The lowest BCUT2D eigenvalue weighted by atomic mass is 10.2. The van der Waals surface area contributed by atoms with Crippen LogP contribution in [0, 0.1) is 13.8 Å². The number of pyridine rings is 2. The molecule has 0 radical (unpaired) electrons. The van der Waals surface area contributed by atoms with Crippen molar-refractivity contribution in [3.05, 3.63) is 52.8 Å². The normalized spacial score (nSPS) is 10.5. The van der Waals surface area contributed by atoms with Crippen molar-refractivity contribution in [1.29, 1.82) is 0 Å². The summed E-state index contributed by atoms with van der Waals surface area (Å²) < 4.78 is 0. The van der Waals surface area contributed by atoms with Crippen LogP contribution in [0.5, 0.6) is 0 Å². The molecule has 0 aliphatic carbocycles. The Morgan fingerprint density at radius 2 is 2.00 bits per heavy atom. The zero-order valence-electron chi connectivity index (χ0n) is 12.7. The van der Waals surface area contributed by atoms with Crippen LogP contribution < -0.4 is 11.1 Å². The number of hydrogen-bond donors (Lipinski definition) is 2. The highest BCUT2D eigenvalue weighted by molar-refractivity contribution is 7.17. The van der Waals surface area contributed by atoms with E-state index in [0.29, 0.717) is 5.82 Å². The van der Waals surface area contributed by atoms with Gasteiger partial charge in [-0.2, -0.15) is 0 Å². The van der Waals surface area contributed by atoms with Crippen molar-refractivity contribution in [2.75, 3.05) is 5.32 Å². The van der Waals surface area contributed by atoms with Crippen LogP contribution in [-0.2, 0) is 0 Å². The number of thiazole rings is 1. The largest absolute Gasteiger partial charge is 0.364 e. The molecule has 0 aromatic carbocycles. The maximum absolute atomic E-state index is 11.3.